The first kappa shape index (κ1) is 13.8. The van der Waals surface area contributed by atoms with Gasteiger partial charge in [0.15, 0.2) is 9.84 Å². The first-order chi connectivity index (χ1) is 8.92. The number of anilines is 1. The van der Waals surface area contributed by atoms with Gasteiger partial charge in [0.2, 0.25) is 0 Å². The van der Waals surface area contributed by atoms with Crippen LogP contribution in [0.25, 0.3) is 0 Å². The fourth-order valence-corrected chi connectivity index (χ4v) is 4.21. The quantitative estimate of drug-likeness (QED) is 0.873. The maximum absolute atomic E-state index is 12.3. The van der Waals surface area contributed by atoms with Crippen LogP contribution in [-0.4, -0.2) is 20.5 Å². The number of aromatic nitrogens is 1. The van der Waals surface area contributed by atoms with Gasteiger partial charge in [0.05, 0.1) is 7.11 Å². The molecule has 0 unspecified atom stereocenters. The average molecular weight is 298 g/mol. The van der Waals surface area contributed by atoms with Crippen molar-refractivity contribution >= 4 is 26.9 Å². The second kappa shape index (κ2) is 5.18. The predicted molar refractivity (Wildman–Crippen MR) is 75.1 cm³/mol. The van der Waals surface area contributed by atoms with Crippen LogP contribution in [0.1, 0.15) is 10.7 Å². The minimum Gasteiger partial charge on any atom is -0.495 e. The Morgan fingerprint density at radius 1 is 1.42 bits per heavy atom. The number of sulfone groups is 1. The molecule has 19 heavy (non-hydrogen) atoms. The molecule has 0 atom stereocenters. The van der Waals surface area contributed by atoms with Crippen LogP contribution in [0.4, 0.5) is 5.69 Å². The number of ether oxygens (including phenoxy) is 1. The van der Waals surface area contributed by atoms with Crippen LogP contribution in [0.2, 0.25) is 0 Å². The van der Waals surface area contributed by atoms with Gasteiger partial charge in [-0.05, 0) is 19.1 Å². The van der Waals surface area contributed by atoms with Gasteiger partial charge in [-0.2, -0.15) is 0 Å². The van der Waals surface area contributed by atoms with Gasteiger partial charge in [0, 0.05) is 22.8 Å². The van der Waals surface area contributed by atoms with Crippen molar-refractivity contribution in [3.63, 3.8) is 0 Å². The summed E-state index contributed by atoms with van der Waals surface area (Å²) in [6.45, 7) is 1.83. The zero-order valence-corrected chi connectivity index (χ0v) is 12.2. The molecule has 2 rings (SSSR count). The summed E-state index contributed by atoms with van der Waals surface area (Å²) in [6.07, 6.45) is 0. The number of methoxy groups -OCH3 is 1. The number of nitrogens with two attached hydrogens (primary N) is 1. The van der Waals surface area contributed by atoms with E-state index in [-0.39, 0.29) is 16.4 Å². The van der Waals surface area contributed by atoms with Crippen LogP contribution in [0.15, 0.2) is 28.5 Å². The Kier molecular flexibility index (Phi) is 3.77. The summed E-state index contributed by atoms with van der Waals surface area (Å²) in [7, 11) is -2.07. The Hall–Kier alpha value is -1.60. The standard InChI is InChI=1S/C12H14N2O3S2/c1-8-6-18-12(14-8)7-19(15,16)11-4-3-9(13)5-10(11)17-2/h3-6H,7,13H2,1-2H3. The highest BCUT2D eigenvalue weighted by atomic mass is 32.2. The van der Waals surface area contributed by atoms with Crippen molar-refractivity contribution in [1.29, 1.82) is 0 Å². The van der Waals surface area contributed by atoms with Crippen molar-refractivity contribution in [2.75, 3.05) is 12.8 Å². The zero-order chi connectivity index (χ0) is 14.0. The van der Waals surface area contributed by atoms with E-state index in [4.69, 9.17) is 10.5 Å². The zero-order valence-electron chi connectivity index (χ0n) is 10.6. The number of nitrogen functional groups attached to an aromatic ring is 1. The monoisotopic (exact) mass is 298 g/mol. The maximum atomic E-state index is 12.3. The lowest BCUT2D eigenvalue weighted by atomic mass is 10.3. The van der Waals surface area contributed by atoms with Gasteiger partial charge in [0.25, 0.3) is 0 Å². The van der Waals surface area contributed by atoms with Crippen molar-refractivity contribution < 1.29 is 13.2 Å². The molecule has 2 aromatic rings. The molecule has 0 radical (unpaired) electrons. The van der Waals surface area contributed by atoms with Gasteiger partial charge in [-0.25, -0.2) is 13.4 Å². The lowest BCUT2D eigenvalue weighted by molar-refractivity contribution is 0.403. The summed E-state index contributed by atoms with van der Waals surface area (Å²) in [5.74, 6) is 0.125. The molecule has 5 nitrogen and oxygen atoms in total. The first-order valence-electron chi connectivity index (χ1n) is 5.49. The Balaban J connectivity index is 2.39. The van der Waals surface area contributed by atoms with Crippen LogP contribution in [0.5, 0.6) is 5.75 Å². The minimum atomic E-state index is -3.49. The molecule has 2 N–H and O–H groups in total. The normalized spacial score (nSPS) is 11.5. The van der Waals surface area contributed by atoms with E-state index in [1.165, 1.54) is 30.6 Å². The summed E-state index contributed by atoms with van der Waals surface area (Å²) >= 11 is 1.33. The maximum Gasteiger partial charge on any atom is 0.188 e. The van der Waals surface area contributed by atoms with Crippen molar-refractivity contribution in [1.82, 2.24) is 4.98 Å². The van der Waals surface area contributed by atoms with Crippen LogP contribution in [0, 0.1) is 6.92 Å². The second-order valence-electron chi connectivity index (χ2n) is 4.05. The van der Waals surface area contributed by atoms with Crippen LogP contribution in [-0.2, 0) is 15.6 Å². The molecule has 1 aromatic heterocycles. The fourth-order valence-electron chi connectivity index (χ4n) is 1.65. The third kappa shape index (κ3) is 3.05. The lowest BCUT2D eigenvalue weighted by Crippen LogP contribution is -2.07. The van der Waals surface area contributed by atoms with Crippen molar-refractivity contribution in [3.05, 3.63) is 34.3 Å². The number of nitrogens with zero attached hydrogens (tertiary/aromatic N) is 1. The van der Waals surface area contributed by atoms with Crippen LogP contribution >= 0.6 is 11.3 Å². The average Bonchev–Trinajstić information content (AvgIpc) is 2.73. The number of hydrogen-bond acceptors (Lipinski definition) is 6. The molecule has 0 saturated heterocycles. The SMILES string of the molecule is COc1cc(N)ccc1S(=O)(=O)Cc1nc(C)cs1. The van der Waals surface area contributed by atoms with Gasteiger partial charge in [-0.3, -0.25) is 0 Å². The van der Waals surface area contributed by atoms with E-state index in [9.17, 15) is 8.42 Å². The lowest BCUT2D eigenvalue weighted by Gasteiger charge is -2.09. The van der Waals surface area contributed by atoms with Crippen molar-refractivity contribution in [2.45, 2.75) is 17.6 Å². The molecule has 0 aliphatic heterocycles. The molecule has 1 aromatic carbocycles. The molecular formula is C12H14N2O3S2. The molecule has 0 spiro atoms. The summed E-state index contributed by atoms with van der Waals surface area (Å²) in [5, 5.41) is 2.39. The number of benzene rings is 1. The van der Waals surface area contributed by atoms with Crippen molar-refractivity contribution in [2.24, 2.45) is 0 Å². The van der Waals surface area contributed by atoms with Gasteiger partial charge in [-0.15, -0.1) is 11.3 Å². The summed E-state index contributed by atoms with van der Waals surface area (Å²) in [4.78, 5) is 4.30. The Morgan fingerprint density at radius 2 is 2.16 bits per heavy atom. The molecule has 102 valence electrons. The highest BCUT2D eigenvalue weighted by molar-refractivity contribution is 7.90. The topological polar surface area (TPSA) is 82.3 Å². The molecule has 1 heterocycles. The smallest absolute Gasteiger partial charge is 0.188 e. The number of hydrogen-bond donors (Lipinski definition) is 1. The predicted octanol–water partition coefficient (Wildman–Crippen LogP) is 2.02. The third-order valence-corrected chi connectivity index (χ3v) is 5.31. The van der Waals surface area contributed by atoms with Gasteiger partial charge in [0.1, 0.15) is 21.4 Å². The summed E-state index contributed by atoms with van der Waals surface area (Å²) in [5.41, 5.74) is 6.90. The molecule has 0 bridgehead atoms. The second-order valence-corrected chi connectivity index (χ2v) is 6.95. The van der Waals surface area contributed by atoms with Gasteiger partial charge >= 0.3 is 0 Å². The highest BCUT2D eigenvalue weighted by Crippen LogP contribution is 2.29. The molecule has 0 aliphatic carbocycles. The molecule has 0 aliphatic rings. The van der Waals surface area contributed by atoms with E-state index in [0.29, 0.717) is 10.7 Å². The van der Waals surface area contributed by atoms with E-state index >= 15 is 0 Å². The molecule has 0 fully saturated rings. The molecule has 0 amide bonds. The van der Waals surface area contributed by atoms with E-state index in [1.807, 2.05) is 12.3 Å². The summed E-state index contributed by atoms with van der Waals surface area (Å²) in [6, 6.07) is 4.51. The Bertz CT molecular complexity index is 693. The number of rotatable bonds is 4. The summed E-state index contributed by atoms with van der Waals surface area (Å²) < 4.78 is 29.8. The van der Waals surface area contributed by atoms with Gasteiger partial charge in [-0.1, -0.05) is 0 Å². The minimum absolute atomic E-state index is 0.133. The van der Waals surface area contributed by atoms with E-state index in [2.05, 4.69) is 4.98 Å². The van der Waals surface area contributed by atoms with Crippen LogP contribution < -0.4 is 10.5 Å². The molecule has 0 saturated carbocycles. The van der Waals surface area contributed by atoms with Crippen molar-refractivity contribution in [3.8, 4) is 5.75 Å². The third-order valence-electron chi connectivity index (χ3n) is 2.50. The molecule has 7 heteroatoms. The Morgan fingerprint density at radius 3 is 2.74 bits per heavy atom. The van der Waals surface area contributed by atoms with E-state index in [0.717, 1.165) is 5.69 Å². The largest absolute Gasteiger partial charge is 0.495 e. The Labute approximate surface area is 116 Å². The van der Waals surface area contributed by atoms with Gasteiger partial charge < -0.3 is 10.5 Å². The number of aryl methyl sites for hydroxylation is 1. The molecular weight excluding hydrogens is 284 g/mol. The van der Waals surface area contributed by atoms with Crippen LogP contribution in [0.3, 0.4) is 0 Å². The first-order valence-corrected chi connectivity index (χ1v) is 8.03. The highest BCUT2D eigenvalue weighted by Gasteiger charge is 2.21. The number of thiazole rings is 1. The fraction of sp³-hybridized carbons (Fsp3) is 0.250. The van der Waals surface area contributed by atoms with E-state index < -0.39 is 9.84 Å². The van der Waals surface area contributed by atoms with E-state index in [1.54, 1.807) is 6.07 Å².